The van der Waals surface area contributed by atoms with Crippen LogP contribution in [0.3, 0.4) is 0 Å². The van der Waals surface area contributed by atoms with Crippen LogP contribution in [0.2, 0.25) is 10.0 Å². The quantitative estimate of drug-likeness (QED) is 0.0992. The number of esters is 1. The third kappa shape index (κ3) is 7.83. The molecule has 4 aromatic carbocycles. The number of amides is 1. The van der Waals surface area contributed by atoms with Gasteiger partial charge >= 0.3 is 5.97 Å². The van der Waals surface area contributed by atoms with Crippen LogP contribution in [0.15, 0.2) is 96.1 Å². The van der Waals surface area contributed by atoms with Crippen molar-refractivity contribution in [2.45, 2.75) is 6.92 Å². The van der Waals surface area contributed by atoms with E-state index in [2.05, 4.69) is 10.5 Å². The normalized spacial score (nSPS) is 10.7. The number of hydrogen-bond acceptors (Lipinski definition) is 6. The summed E-state index contributed by atoms with van der Waals surface area (Å²) < 4.78 is 16.6. The Labute approximate surface area is 235 Å². The standard InChI is InChI=1S/C30H24Cl2N2O5/c1-2-37-28-16-20(8-15-27(28)39-30(36)25-14-11-23(31)17-26(25)32)18-33-34-29(35)19-38-24-12-9-22(10-13-24)21-6-4-3-5-7-21/h3-18H,2,19H2,1H3,(H,34,35)/b33-18+. The first-order chi connectivity index (χ1) is 18.9. The van der Waals surface area contributed by atoms with E-state index in [4.69, 9.17) is 37.4 Å². The lowest BCUT2D eigenvalue weighted by Crippen LogP contribution is -2.24. The molecule has 198 valence electrons. The molecule has 0 fully saturated rings. The number of carbonyl (C=O) groups is 2. The van der Waals surface area contributed by atoms with E-state index in [1.165, 1.54) is 18.3 Å². The minimum Gasteiger partial charge on any atom is -0.490 e. The first kappa shape index (κ1) is 27.7. The molecule has 0 bridgehead atoms. The summed E-state index contributed by atoms with van der Waals surface area (Å²) in [7, 11) is 0. The van der Waals surface area contributed by atoms with Gasteiger partial charge in [0.2, 0.25) is 0 Å². The van der Waals surface area contributed by atoms with Gasteiger partial charge in [-0.15, -0.1) is 0 Å². The second-order valence-corrected chi connectivity index (χ2v) is 8.97. The highest BCUT2D eigenvalue weighted by molar-refractivity contribution is 6.36. The van der Waals surface area contributed by atoms with Crippen LogP contribution < -0.4 is 19.6 Å². The van der Waals surface area contributed by atoms with Crippen molar-refractivity contribution in [2.75, 3.05) is 13.2 Å². The van der Waals surface area contributed by atoms with Gasteiger partial charge in [0, 0.05) is 5.02 Å². The number of carbonyl (C=O) groups excluding carboxylic acids is 2. The molecular weight excluding hydrogens is 539 g/mol. The minimum atomic E-state index is -0.652. The van der Waals surface area contributed by atoms with Gasteiger partial charge in [-0.2, -0.15) is 5.10 Å². The number of hydrogen-bond donors (Lipinski definition) is 1. The average Bonchev–Trinajstić information content (AvgIpc) is 2.94. The molecule has 1 amide bonds. The molecule has 0 unspecified atom stereocenters. The van der Waals surface area contributed by atoms with Crippen LogP contribution >= 0.6 is 23.2 Å². The Morgan fingerprint density at radius 1 is 0.846 bits per heavy atom. The summed E-state index contributed by atoms with van der Waals surface area (Å²) in [5.74, 6) is 0.0317. The third-order valence-corrected chi connectivity index (χ3v) is 5.90. The smallest absolute Gasteiger partial charge is 0.345 e. The number of halogens is 2. The maximum absolute atomic E-state index is 12.6. The summed E-state index contributed by atoms with van der Waals surface area (Å²) in [5, 5.41) is 4.56. The predicted molar refractivity (Wildman–Crippen MR) is 152 cm³/mol. The summed E-state index contributed by atoms with van der Waals surface area (Å²) in [4.78, 5) is 24.8. The Morgan fingerprint density at radius 2 is 1.59 bits per heavy atom. The van der Waals surface area contributed by atoms with Gasteiger partial charge in [-0.25, -0.2) is 10.2 Å². The zero-order valence-corrected chi connectivity index (χ0v) is 22.4. The topological polar surface area (TPSA) is 86.2 Å². The molecule has 0 heterocycles. The molecule has 0 aromatic heterocycles. The minimum absolute atomic E-state index is 0.172. The highest BCUT2D eigenvalue weighted by Gasteiger charge is 2.16. The van der Waals surface area contributed by atoms with E-state index in [1.54, 1.807) is 31.2 Å². The van der Waals surface area contributed by atoms with E-state index in [9.17, 15) is 9.59 Å². The van der Waals surface area contributed by atoms with E-state index in [0.717, 1.165) is 11.1 Å². The van der Waals surface area contributed by atoms with Crippen LogP contribution in [-0.2, 0) is 4.79 Å². The van der Waals surface area contributed by atoms with Gasteiger partial charge in [0.15, 0.2) is 18.1 Å². The van der Waals surface area contributed by atoms with Gasteiger partial charge < -0.3 is 14.2 Å². The van der Waals surface area contributed by atoms with Crippen LogP contribution in [0.1, 0.15) is 22.8 Å². The molecule has 39 heavy (non-hydrogen) atoms. The van der Waals surface area contributed by atoms with E-state index < -0.39 is 11.9 Å². The Morgan fingerprint density at radius 3 is 2.31 bits per heavy atom. The van der Waals surface area contributed by atoms with Crippen molar-refractivity contribution in [3.63, 3.8) is 0 Å². The van der Waals surface area contributed by atoms with Crippen molar-refractivity contribution < 1.29 is 23.8 Å². The fourth-order valence-electron chi connectivity index (χ4n) is 3.50. The lowest BCUT2D eigenvalue weighted by molar-refractivity contribution is -0.123. The fraction of sp³-hybridized carbons (Fsp3) is 0.100. The SMILES string of the molecule is CCOc1cc(/C=N/NC(=O)COc2ccc(-c3ccccc3)cc2)ccc1OC(=O)c1ccc(Cl)cc1Cl. The first-order valence-corrected chi connectivity index (χ1v) is 12.7. The van der Waals surface area contributed by atoms with E-state index >= 15 is 0 Å². The van der Waals surface area contributed by atoms with Gasteiger partial charge in [-0.3, -0.25) is 4.79 Å². The lowest BCUT2D eigenvalue weighted by Gasteiger charge is -2.12. The molecule has 4 rings (SSSR count). The lowest BCUT2D eigenvalue weighted by atomic mass is 10.1. The number of rotatable bonds is 10. The molecular formula is C30H24Cl2N2O5. The summed E-state index contributed by atoms with van der Waals surface area (Å²) in [6.07, 6.45) is 1.44. The zero-order valence-electron chi connectivity index (χ0n) is 20.9. The Kier molecular flexibility index (Phi) is 9.56. The molecule has 0 atom stereocenters. The van der Waals surface area contributed by atoms with Crippen LogP contribution in [0, 0.1) is 0 Å². The largest absolute Gasteiger partial charge is 0.490 e. The van der Waals surface area contributed by atoms with Gasteiger partial charge in [0.05, 0.1) is 23.4 Å². The summed E-state index contributed by atoms with van der Waals surface area (Å²) >= 11 is 12.0. The van der Waals surface area contributed by atoms with Gasteiger partial charge in [-0.05, 0) is 72.1 Å². The van der Waals surface area contributed by atoms with Gasteiger partial charge in [0.1, 0.15) is 5.75 Å². The summed E-state index contributed by atoms with van der Waals surface area (Å²) in [6, 6.07) is 26.8. The zero-order chi connectivity index (χ0) is 27.6. The molecule has 0 saturated carbocycles. The second kappa shape index (κ2) is 13.5. The molecule has 0 aliphatic rings. The Balaban J connectivity index is 1.32. The molecule has 0 aliphatic heterocycles. The van der Waals surface area contributed by atoms with Crippen molar-refractivity contribution in [1.82, 2.24) is 5.43 Å². The summed E-state index contributed by atoms with van der Waals surface area (Å²) in [6.45, 7) is 1.94. The predicted octanol–water partition coefficient (Wildman–Crippen LogP) is 6.81. The van der Waals surface area contributed by atoms with Crippen LogP contribution in [0.5, 0.6) is 17.2 Å². The van der Waals surface area contributed by atoms with Crippen LogP contribution in [-0.4, -0.2) is 31.3 Å². The van der Waals surface area contributed by atoms with Crippen molar-refractivity contribution in [3.05, 3.63) is 112 Å². The first-order valence-electron chi connectivity index (χ1n) is 12.0. The average molecular weight is 563 g/mol. The molecule has 7 nitrogen and oxygen atoms in total. The number of ether oxygens (including phenoxy) is 3. The molecule has 0 radical (unpaired) electrons. The van der Waals surface area contributed by atoms with E-state index in [-0.39, 0.29) is 22.9 Å². The van der Waals surface area contributed by atoms with Crippen LogP contribution in [0.25, 0.3) is 11.1 Å². The highest BCUT2D eigenvalue weighted by atomic mass is 35.5. The monoisotopic (exact) mass is 562 g/mol. The molecule has 4 aromatic rings. The maximum atomic E-state index is 12.6. The Bertz CT molecular complexity index is 1470. The molecule has 0 spiro atoms. The van der Waals surface area contributed by atoms with E-state index in [1.807, 2.05) is 54.6 Å². The molecule has 0 saturated heterocycles. The second-order valence-electron chi connectivity index (χ2n) is 8.13. The molecule has 1 N–H and O–H groups in total. The van der Waals surface area contributed by atoms with Crippen molar-refractivity contribution in [1.29, 1.82) is 0 Å². The fourth-order valence-corrected chi connectivity index (χ4v) is 3.99. The van der Waals surface area contributed by atoms with Gasteiger partial charge in [0.25, 0.3) is 5.91 Å². The van der Waals surface area contributed by atoms with Crippen molar-refractivity contribution >= 4 is 41.3 Å². The van der Waals surface area contributed by atoms with E-state index in [0.29, 0.717) is 28.7 Å². The number of hydrazone groups is 1. The summed E-state index contributed by atoms with van der Waals surface area (Å²) in [5.41, 5.74) is 5.36. The van der Waals surface area contributed by atoms with Crippen LogP contribution in [0.4, 0.5) is 0 Å². The number of nitrogens with zero attached hydrogens (tertiary/aromatic N) is 1. The number of benzene rings is 4. The Hall–Kier alpha value is -4.33. The van der Waals surface area contributed by atoms with Crippen molar-refractivity contribution in [2.24, 2.45) is 5.10 Å². The van der Waals surface area contributed by atoms with Gasteiger partial charge in [-0.1, -0.05) is 65.7 Å². The molecule has 9 heteroatoms. The third-order valence-electron chi connectivity index (χ3n) is 5.36. The molecule has 0 aliphatic carbocycles. The maximum Gasteiger partial charge on any atom is 0.345 e. The highest BCUT2D eigenvalue weighted by Crippen LogP contribution is 2.30. The van der Waals surface area contributed by atoms with Crippen molar-refractivity contribution in [3.8, 4) is 28.4 Å². The number of nitrogens with one attached hydrogen (secondary N) is 1.